The van der Waals surface area contributed by atoms with Gasteiger partial charge in [0.1, 0.15) is 0 Å². The van der Waals surface area contributed by atoms with E-state index in [-0.39, 0.29) is 18.1 Å². The molecule has 0 aromatic heterocycles. The van der Waals surface area contributed by atoms with Crippen LogP contribution in [0.4, 0.5) is 0 Å². The van der Waals surface area contributed by atoms with E-state index in [0.29, 0.717) is 12.5 Å². The molecule has 0 radical (unpaired) electrons. The average molecular weight is 235 g/mol. The highest BCUT2D eigenvalue weighted by Crippen LogP contribution is 2.53. The zero-order valence-corrected chi connectivity index (χ0v) is 9.76. The van der Waals surface area contributed by atoms with E-state index in [1.807, 2.05) is 0 Å². The van der Waals surface area contributed by atoms with E-state index in [0.717, 1.165) is 25.0 Å². The molecule has 4 atom stereocenters. The number of aliphatic hydroxyl groups excluding tert-OH is 1. The van der Waals surface area contributed by atoms with Crippen LogP contribution in [0.2, 0.25) is 0 Å². The molecule has 5 rings (SSSR count). The molecule has 1 unspecified atom stereocenters. The Hall–Kier alpha value is -0.870. The first-order valence-electron chi connectivity index (χ1n) is 6.58. The van der Waals surface area contributed by atoms with E-state index >= 15 is 0 Å². The van der Waals surface area contributed by atoms with E-state index in [4.69, 9.17) is 4.74 Å². The molecule has 1 saturated carbocycles. The molecule has 92 valence electrons. The van der Waals surface area contributed by atoms with Crippen LogP contribution in [-0.2, 0) is 9.53 Å². The summed E-state index contributed by atoms with van der Waals surface area (Å²) in [4.78, 5) is 14.0. The Morgan fingerprint density at radius 1 is 1.47 bits per heavy atom. The van der Waals surface area contributed by atoms with Crippen molar-refractivity contribution in [3.8, 4) is 0 Å². The van der Waals surface area contributed by atoms with Crippen molar-refractivity contribution in [2.24, 2.45) is 0 Å². The minimum atomic E-state index is -0.480. The van der Waals surface area contributed by atoms with Gasteiger partial charge < -0.3 is 9.84 Å². The van der Waals surface area contributed by atoms with Crippen LogP contribution in [0, 0.1) is 0 Å². The van der Waals surface area contributed by atoms with Gasteiger partial charge in [0.2, 0.25) is 0 Å². The average Bonchev–Trinajstić information content (AvgIpc) is 2.64. The molecule has 0 amide bonds. The first-order valence-corrected chi connectivity index (χ1v) is 6.58. The predicted molar refractivity (Wildman–Crippen MR) is 60.3 cm³/mol. The number of fused-ring (bicyclic) bond motifs is 1. The monoisotopic (exact) mass is 235 g/mol. The van der Waals surface area contributed by atoms with Crippen LogP contribution < -0.4 is 0 Å². The number of hydrogen-bond donors (Lipinski definition) is 1. The summed E-state index contributed by atoms with van der Waals surface area (Å²) in [5.74, 6) is -0.208. The van der Waals surface area contributed by atoms with Crippen molar-refractivity contribution in [3.63, 3.8) is 0 Å². The summed E-state index contributed by atoms with van der Waals surface area (Å²) in [7, 11) is 0. The summed E-state index contributed by atoms with van der Waals surface area (Å²) in [5.41, 5.74) is 0.659. The SMILES string of the molecule is O=C1C=C2C[C@@H]3C(O)C[C@@]2(O1)[C@H]1CCCCN31. The number of esters is 1. The number of hydrogen-bond acceptors (Lipinski definition) is 4. The lowest BCUT2D eigenvalue weighted by Crippen LogP contribution is -2.71. The molecular weight excluding hydrogens is 218 g/mol. The molecule has 1 aliphatic carbocycles. The maximum absolute atomic E-state index is 11.6. The smallest absolute Gasteiger partial charge is 0.331 e. The lowest BCUT2D eigenvalue weighted by Gasteiger charge is -2.60. The van der Waals surface area contributed by atoms with Crippen LogP contribution >= 0.6 is 0 Å². The van der Waals surface area contributed by atoms with Gasteiger partial charge in [0.15, 0.2) is 5.60 Å². The molecular formula is C13H17NO3. The predicted octanol–water partition coefficient (Wildman–Crippen LogP) is 0.600. The van der Waals surface area contributed by atoms with E-state index in [9.17, 15) is 9.90 Å². The second kappa shape index (κ2) is 3.12. The maximum atomic E-state index is 11.6. The van der Waals surface area contributed by atoms with Gasteiger partial charge in [-0.05, 0) is 31.4 Å². The number of ether oxygens (including phenoxy) is 1. The van der Waals surface area contributed by atoms with Crippen LogP contribution in [0.15, 0.2) is 11.6 Å². The summed E-state index contributed by atoms with van der Waals surface area (Å²) in [5, 5.41) is 10.2. The van der Waals surface area contributed by atoms with E-state index in [1.165, 1.54) is 12.8 Å². The largest absolute Gasteiger partial charge is 0.450 e. The molecule has 2 bridgehead atoms. The summed E-state index contributed by atoms with van der Waals surface area (Å²) >= 11 is 0. The van der Waals surface area contributed by atoms with Gasteiger partial charge in [0.05, 0.1) is 12.1 Å². The molecule has 5 aliphatic rings. The number of carbonyl (C=O) groups excluding carboxylic acids is 1. The van der Waals surface area contributed by atoms with Gasteiger partial charge in [0, 0.05) is 18.5 Å². The zero-order valence-electron chi connectivity index (χ0n) is 9.76. The van der Waals surface area contributed by atoms with Gasteiger partial charge in [0.25, 0.3) is 0 Å². The molecule has 4 heterocycles. The maximum Gasteiger partial charge on any atom is 0.331 e. The normalized spacial score (nSPS) is 48.4. The molecule has 1 spiro atoms. The van der Waals surface area contributed by atoms with Crippen LogP contribution in [0.3, 0.4) is 0 Å². The van der Waals surface area contributed by atoms with E-state index in [1.54, 1.807) is 6.08 Å². The Labute approximate surface area is 100 Å². The summed E-state index contributed by atoms with van der Waals surface area (Å²) in [6, 6.07) is 0.527. The van der Waals surface area contributed by atoms with Crippen molar-refractivity contribution < 1.29 is 14.6 Å². The fraction of sp³-hybridized carbons (Fsp3) is 0.769. The Kier molecular flexibility index (Phi) is 1.85. The zero-order chi connectivity index (χ0) is 11.6. The Morgan fingerprint density at radius 3 is 3.24 bits per heavy atom. The molecule has 4 fully saturated rings. The third kappa shape index (κ3) is 1.13. The minimum absolute atomic E-state index is 0.208. The second-order valence-corrected chi connectivity index (χ2v) is 5.77. The molecule has 4 heteroatoms. The molecule has 4 aliphatic heterocycles. The van der Waals surface area contributed by atoms with Crippen molar-refractivity contribution in [3.05, 3.63) is 11.6 Å². The fourth-order valence-electron chi connectivity index (χ4n) is 4.36. The first kappa shape index (κ1) is 10.1. The second-order valence-electron chi connectivity index (χ2n) is 5.77. The van der Waals surface area contributed by atoms with Gasteiger partial charge in [-0.1, -0.05) is 6.42 Å². The van der Waals surface area contributed by atoms with Crippen molar-refractivity contribution in [2.45, 2.75) is 55.9 Å². The lowest BCUT2D eigenvalue weighted by atomic mass is 9.64. The van der Waals surface area contributed by atoms with Gasteiger partial charge in [-0.15, -0.1) is 0 Å². The van der Waals surface area contributed by atoms with Crippen molar-refractivity contribution in [2.75, 3.05) is 6.54 Å². The number of aliphatic hydroxyl groups is 1. The summed E-state index contributed by atoms with van der Waals surface area (Å²) in [6.07, 6.45) is 6.24. The number of rotatable bonds is 0. The summed E-state index contributed by atoms with van der Waals surface area (Å²) < 4.78 is 5.65. The molecule has 17 heavy (non-hydrogen) atoms. The van der Waals surface area contributed by atoms with E-state index < -0.39 is 5.60 Å². The van der Waals surface area contributed by atoms with Crippen molar-refractivity contribution in [1.29, 1.82) is 0 Å². The van der Waals surface area contributed by atoms with Crippen LogP contribution in [0.1, 0.15) is 32.1 Å². The fourth-order valence-corrected chi connectivity index (χ4v) is 4.36. The molecule has 3 saturated heterocycles. The highest BCUT2D eigenvalue weighted by atomic mass is 16.6. The molecule has 0 aromatic carbocycles. The summed E-state index contributed by atoms with van der Waals surface area (Å²) in [6.45, 7) is 1.04. The third-order valence-corrected chi connectivity index (χ3v) is 5.01. The minimum Gasteiger partial charge on any atom is -0.450 e. The highest BCUT2D eigenvalue weighted by molar-refractivity contribution is 5.87. The van der Waals surface area contributed by atoms with Gasteiger partial charge in [-0.25, -0.2) is 4.79 Å². The van der Waals surface area contributed by atoms with Gasteiger partial charge in [-0.3, -0.25) is 4.90 Å². The topological polar surface area (TPSA) is 49.8 Å². The number of carbonyl (C=O) groups is 1. The highest BCUT2D eigenvalue weighted by Gasteiger charge is 2.62. The van der Waals surface area contributed by atoms with Gasteiger partial charge >= 0.3 is 5.97 Å². The van der Waals surface area contributed by atoms with Crippen LogP contribution in [0.5, 0.6) is 0 Å². The quantitative estimate of drug-likeness (QED) is 0.625. The van der Waals surface area contributed by atoms with E-state index in [2.05, 4.69) is 4.90 Å². The first-order chi connectivity index (χ1) is 8.21. The Balaban J connectivity index is 1.82. The van der Waals surface area contributed by atoms with Gasteiger partial charge in [-0.2, -0.15) is 0 Å². The lowest BCUT2D eigenvalue weighted by molar-refractivity contribution is -0.188. The van der Waals surface area contributed by atoms with Crippen molar-refractivity contribution in [1.82, 2.24) is 4.90 Å². The standard InChI is InChI=1S/C13H17NO3/c15-10-7-13-8(6-12(16)17-13)5-9(10)14-4-2-1-3-11(13)14/h6,9-11,15H,1-5,7H2/t9-,10?,11-,13+/m1/s1. The molecule has 1 N–H and O–H groups in total. The Bertz CT molecular complexity index is 419. The van der Waals surface area contributed by atoms with Crippen LogP contribution in [-0.4, -0.2) is 46.3 Å². The van der Waals surface area contributed by atoms with Crippen molar-refractivity contribution >= 4 is 5.97 Å². The number of nitrogens with zero attached hydrogens (tertiary/aromatic N) is 1. The number of piperidine rings is 3. The molecule has 4 nitrogen and oxygen atoms in total. The third-order valence-electron chi connectivity index (χ3n) is 5.01. The Morgan fingerprint density at radius 2 is 2.35 bits per heavy atom. The van der Waals surface area contributed by atoms with Crippen LogP contribution in [0.25, 0.3) is 0 Å². The molecule has 0 aromatic rings.